The standard InChI is InChI=1S/C43H30N4O6S3/c1-22-10-15-31-35(18-22)54-43(45-31)25-12-17-32-36(20-25)55-42(46-32)24-11-16-30(23(2)19-24)47-56(51,52)27-7-5-6-26(13-14-27)53-34-21-33(48)37-38(39(34)44)41(50)29-9-4-3-8-28(29)40(37)49/h3-21,27,47-48H,44H2,1-2H3. The number of nitrogens with one attached hydrogen (secondary N) is 1. The van der Waals surface area contributed by atoms with Gasteiger partial charge in [-0.05, 0) is 85.7 Å². The molecule has 4 N–H and O–H groups in total. The molecule has 0 spiro atoms. The quantitative estimate of drug-likeness (QED) is 0.106. The maximum absolute atomic E-state index is 13.6. The fourth-order valence-corrected chi connectivity index (χ4v) is 10.1. The highest BCUT2D eigenvalue weighted by atomic mass is 32.2. The number of benzene rings is 5. The number of thiazole rings is 2. The molecule has 2 aromatic heterocycles. The Labute approximate surface area is 329 Å². The number of nitrogens with zero attached hydrogens (tertiary/aromatic N) is 2. The number of phenolic OH excluding ortho intramolecular Hbond substituents is 1. The van der Waals surface area contributed by atoms with Gasteiger partial charge in [-0.3, -0.25) is 14.3 Å². The van der Waals surface area contributed by atoms with E-state index in [9.17, 15) is 23.1 Å². The predicted molar refractivity (Wildman–Crippen MR) is 222 cm³/mol. The van der Waals surface area contributed by atoms with E-state index in [2.05, 4.69) is 29.8 Å². The van der Waals surface area contributed by atoms with Gasteiger partial charge in [0.1, 0.15) is 26.8 Å². The number of carbonyl (C=O) groups excluding carboxylic acids is 2. The van der Waals surface area contributed by atoms with Crippen LogP contribution in [-0.2, 0) is 10.0 Å². The first-order chi connectivity index (χ1) is 26.9. The number of aryl methyl sites for hydroxylation is 2. The summed E-state index contributed by atoms with van der Waals surface area (Å²) in [7, 11) is -3.97. The summed E-state index contributed by atoms with van der Waals surface area (Å²) in [6.45, 7) is 3.91. The minimum atomic E-state index is -3.97. The van der Waals surface area contributed by atoms with Gasteiger partial charge in [0.05, 0.1) is 42.9 Å². The molecule has 5 aromatic carbocycles. The number of anilines is 2. The van der Waals surface area contributed by atoms with Crippen molar-refractivity contribution < 1.29 is 27.9 Å². The second-order valence-electron chi connectivity index (χ2n) is 13.5. The number of aromatic hydroxyl groups is 1. The van der Waals surface area contributed by atoms with E-state index in [-0.39, 0.29) is 39.4 Å². The number of allylic oxidation sites excluding steroid dienone is 3. The van der Waals surface area contributed by atoms with Gasteiger partial charge in [0.2, 0.25) is 10.0 Å². The summed E-state index contributed by atoms with van der Waals surface area (Å²) in [5.41, 5.74) is 12.4. The van der Waals surface area contributed by atoms with Gasteiger partial charge in [0.25, 0.3) is 0 Å². The largest absolute Gasteiger partial charge is 0.507 e. The molecule has 1 unspecified atom stereocenters. The van der Waals surface area contributed by atoms with E-state index in [0.717, 1.165) is 47.1 Å². The molecule has 13 heteroatoms. The van der Waals surface area contributed by atoms with Crippen LogP contribution in [0.5, 0.6) is 11.5 Å². The lowest BCUT2D eigenvalue weighted by Gasteiger charge is -2.21. The fourth-order valence-electron chi connectivity index (χ4n) is 6.80. The molecular formula is C43H30N4O6S3. The van der Waals surface area contributed by atoms with Crippen LogP contribution < -0.4 is 15.2 Å². The van der Waals surface area contributed by atoms with Crippen molar-refractivity contribution >= 4 is 76.1 Å². The Kier molecular flexibility index (Phi) is 8.45. The lowest BCUT2D eigenvalue weighted by atomic mass is 9.82. The normalized spacial score (nSPS) is 15.1. The van der Waals surface area contributed by atoms with Crippen LogP contribution in [0.25, 0.3) is 41.6 Å². The van der Waals surface area contributed by atoms with Gasteiger partial charge < -0.3 is 15.6 Å². The molecule has 56 heavy (non-hydrogen) atoms. The van der Waals surface area contributed by atoms with Gasteiger partial charge in [-0.25, -0.2) is 18.4 Å². The number of nitrogens with two attached hydrogens (primary N) is 1. The van der Waals surface area contributed by atoms with E-state index in [4.69, 9.17) is 20.4 Å². The van der Waals surface area contributed by atoms with Crippen molar-refractivity contribution in [3.8, 4) is 32.6 Å². The molecule has 0 saturated heterocycles. The summed E-state index contributed by atoms with van der Waals surface area (Å²) in [4.78, 5) is 36.2. The molecule has 1 atom stereocenters. The van der Waals surface area contributed by atoms with Crippen molar-refractivity contribution in [1.29, 1.82) is 0 Å². The monoisotopic (exact) mass is 794 g/mol. The number of hydrogen-bond acceptors (Lipinski definition) is 11. The number of ether oxygens (including phenoxy) is 1. The summed E-state index contributed by atoms with van der Waals surface area (Å²) in [6.07, 6.45) is 7.48. The van der Waals surface area contributed by atoms with Crippen LogP contribution in [0.4, 0.5) is 11.4 Å². The number of carbonyl (C=O) groups is 2. The minimum absolute atomic E-state index is 0.0574. The molecule has 0 saturated carbocycles. The van der Waals surface area contributed by atoms with E-state index < -0.39 is 32.6 Å². The van der Waals surface area contributed by atoms with E-state index in [0.29, 0.717) is 5.69 Å². The number of phenols is 1. The van der Waals surface area contributed by atoms with Crippen molar-refractivity contribution in [1.82, 2.24) is 9.97 Å². The molecule has 2 aliphatic rings. The number of fused-ring (bicyclic) bond motifs is 4. The van der Waals surface area contributed by atoms with Crippen LogP contribution in [0.1, 0.15) is 43.0 Å². The predicted octanol–water partition coefficient (Wildman–Crippen LogP) is 9.12. The zero-order valence-corrected chi connectivity index (χ0v) is 32.2. The third-order valence-electron chi connectivity index (χ3n) is 9.68. The molecule has 0 amide bonds. The van der Waals surface area contributed by atoms with Crippen LogP contribution in [0.2, 0.25) is 0 Å². The highest BCUT2D eigenvalue weighted by Gasteiger charge is 2.35. The topological polar surface area (TPSA) is 162 Å². The molecule has 0 radical (unpaired) electrons. The maximum Gasteiger partial charge on any atom is 0.242 e. The highest BCUT2D eigenvalue weighted by Crippen LogP contribution is 2.42. The first-order valence-corrected chi connectivity index (χ1v) is 20.6. The second-order valence-corrected chi connectivity index (χ2v) is 17.4. The van der Waals surface area contributed by atoms with Crippen molar-refractivity contribution in [3.05, 3.63) is 154 Å². The summed E-state index contributed by atoms with van der Waals surface area (Å²) < 4.78 is 38.1. The summed E-state index contributed by atoms with van der Waals surface area (Å²) >= 11 is 3.23. The molecule has 10 nitrogen and oxygen atoms in total. The van der Waals surface area contributed by atoms with Crippen LogP contribution >= 0.6 is 22.7 Å². The number of hydrogen-bond donors (Lipinski definition) is 3. The van der Waals surface area contributed by atoms with Gasteiger partial charge in [0, 0.05) is 28.3 Å². The van der Waals surface area contributed by atoms with Gasteiger partial charge in [-0.15, -0.1) is 22.7 Å². The smallest absolute Gasteiger partial charge is 0.242 e. The zero-order chi connectivity index (χ0) is 38.9. The molecule has 276 valence electrons. The molecule has 0 fully saturated rings. The van der Waals surface area contributed by atoms with E-state index in [1.807, 2.05) is 37.3 Å². The summed E-state index contributed by atoms with van der Waals surface area (Å²) in [6, 6.07) is 25.4. The zero-order valence-electron chi connectivity index (χ0n) is 29.7. The average Bonchev–Trinajstić information content (AvgIpc) is 3.72. The van der Waals surface area contributed by atoms with Crippen LogP contribution in [-0.4, -0.2) is 40.3 Å². The lowest BCUT2D eigenvalue weighted by Crippen LogP contribution is -2.25. The Morgan fingerprint density at radius 3 is 2.14 bits per heavy atom. The highest BCUT2D eigenvalue weighted by molar-refractivity contribution is 7.93. The fraction of sp³-hybridized carbons (Fsp3) is 0.0698. The molecule has 0 aliphatic heterocycles. The first-order valence-electron chi connectivity index (χ1n) is 17.4. The first kappa shape index (κ1) is 35.3. The third-order valence-corrected chi connectivity index (χ3v) is 13.4. The van der Waals surface area contributed by atoms with Gasteiger partial charge in [-0.1, -0.05) is 48.6 Å². The Morgan fingerprint density at radius 2 is 1.43 bits per heavy atom. The van der Waals surface area contributed by atoms with Crippen molar-refractivity contribution in [3.63, 3.8) is 0 Å². The van der Waals surface area contributed by atoms with Crippen molar-refractivity contribution in [2.24, 2.45) is 0 Å². The SMILES string of the molecule is Cc1ccc2nc(-c3ccc4nc(-c5ccc(NS(=O)(=O)C6C=CC=C(Oc7cc(O)c8c(c7N)C(=O)c7ccccc7C8=O)C=C6)c(C)c5)sc4c3)sc2c1. The van der Waals surface area contributed by atoms with Crippen molar-refractivity contribution in [2.45, 2.75) is 19.1 Å². The van der Waals surface area contributed by atoms with Gasteiger partial charge >= 0.3 is 0 Å². The Hall–Kier alpha value is -6.41. The Balaban J connectivity index is 0.908. The van der Waals surface area contributed by atoms with Crippen molar-refractivity contribution in [2.75, 3.05) is 10.5 Å². The van der Waals surface area contributed by atoms with Crippen LogP contribution in [0.15, 0.2) is 121 Å². The van der Waals surface area contributed by atoms with E-state index >= 15 is 0 Å². The molecule has 2 heterocycles. The molecule has 7 aromatic rings. The van der Waals surface area contributed by atoms with Gasteiger partial charge in [-0.2, -0.15) is 0 Å². The lowest BCUT2D eigenvalue weighted by molar-refractivity contribution is 0.0977. The number of sulfonamides is 1. The number of rotatable bonds is 7. The molecule has 2 aliphatic carbocycles. The average molecular weight is 795 g/mol. The Bertz CT molecular complexity index is 3050. The second kappa shape index (κ2) is 13.4. The number of nitrogen functional groups attached to an aromatic ring is 1. The van der Waals surface area contributed by atoms with E-state index in [1.54, 1.807) is 40.9 Å². The molecule has 9 rings (SSSR count). The molecule has 0 bridgehead atoms. The maximum atomic E-state index is 13.6. The summed E-state index contributed by atoms with van der Waals surface area (Å²) in [5, 5.41) is 11.5. The molecular weight excluding hydrogens is 765 g/mol. The van der Waals surface area contributed by atoms with E-state index in [1.165, 1.54) is 54.1 Å². The van der Waals surface area contributed by atoms with Crippen LogP contribution in [0, 0.1) is 13.8 Å². The van der Waals surface area contributed by atoms with Crippen LogP contribution in [0.3, 0.4) is 0 Å². The number of ketones is 2. The minimum Gasteiger partial charge on any atom is -0.507 e. The Morgan fingerprint density at radius 1 is 0.786 bits per heavy atom. The number of aromatic nitrogens is 2. The third kappa shape index (κ3) is 6.15. The van der Waals surface area contributed by atoms with Gasteiger partial charge in [0.15, 0.2) is 17.3 Å². The summed E-state index contributed by atoms with van der Waals surface area (Å²) in [5.74, 6) is -1.35.